The molecule has 0 saturated heterocycles. The molecule has 6 heteroatoms. The molecule has 3 rings (SSSR count). The monoisotopic (exact) mass is 330 g/mol. The number of hydrogen-bond acceptors (Lipinski definition) is 4. The van der Waals surface area contributed by atoms with Crippen LogP contribution in [-0.4, -0.2) is 26.4 Å². The van der Waals surface area contributed by atoms with Crippen molar-refractivity contribution in [2.45, 2.75) is 26.2 Å². The molecule has 0 spiro atoms. The van der Waals surface area contributed by atoms with Crippen molar-refractivity contribution in [1.29, 1.82) is 0 Å². The normalized spacial score (nSPS) is 17.6. The molecule has 0 amide bonds. The molecule has 0 aliphatic carbocycles. The molecule has 1 aliphatic rings. The van der Waals surface area contributed by atoms with Gasteiger partial charge in [-0.3, -0.25) is 0 Å². The zero-order valence-corrected chi connectivity index (χ0v) is 15.4. The molecule has 0 aromatic heterocycles. The van der Waals surface area contributed by atoms with Crippen molar-refractivity contribution in [3.05, 3.63) is 24.3 Å². The molecule has 0 radical (unpaired) electrons. The average Bonchev–Trinajstić information content (AvgIpc) is 2.42. The van der Waals surface area contributed by atoms with Crippen molar-refractivity contribution < 1.29 is 10.2 Å². The summed E-state index contributed by atoms with van der Waals surface area (Å²) < 4.78 is 0. The van der Waals surface area contributed by atoms with Crippen LogP contribution in [0.3, 0.4) is 0 Å². The van der Waals surface area contributed by atoms with Gasteiger partial charge in [0.2, 0.25) is 0 Å². The molecule has 0 bridgehead atoms. The smallest absolute Gasteiger partial charge is 0.138 e. The number of rotatable bonds is 0. The number of aromatic hydroxyl groups is 2. The number of nitrogens with two attached hydrogens (primary N) is 2. The Morgan fingerprint density at radius 2 is 0.909 bits per heavy atom. The molecule has 1 heterocycles. The highest BCUT2D eigenvalue weighted by molar-refractivity contribution is 7.16. The summed E-state index contributed by atoms with van der Waals surface area (Å²) in [6.07, 6.45) is 0. The van der Waals surface area contributed by atoms with E-state index in [0.29, 0.717) is 11.4 Å². The van der Waals surface area contributed by atoms with Crippen LogP contribution in [0.15, 0.2) is 24.3 Å². The lowest BCUT2D eigenvalue weighted by atomic mass is 10.3. The van der Waals surface area contributed by atoms with E-state index in [9.17, 15) is 10.2 Å². The molecular weight excluding hydrogens is 308 g/mol. The van der Waals surface area contributed by atoms with Crippen LogP contribution in [0.2, 0.25) is 26.2 Å². The van der Waals surface area contributed by atoms with Gasteiger partial charge in [0.1, 0.15) is 27.6 Å². The van der Waals surface area contributed by atoms with Gasteiger partial charge in [-0.1, -0.05) is 46.9 Å². The van der Waals surface area contributed by atoms with E-state index < -0.39 is 16.1 Å². The summed E-state index contributed by atoms with van der Waals surface area (Å²) in [6, 6.07) is 7.55. The number of fused-ring (bicyclic) bond motifs is 2. The molecule has 0 atom stereocenters. The topological polar surface area (TPSA) is 92.5 Å². The van der Waals surface area contributed by atoms with Gasteiger partial charge in [-0.15, -0.1) is 0 Å². The fourth-order valence-electron chi connectivity index (χ4n) is 3.57. The molecule has 2 aromatic carbocycles. The third-order valence-electron chi connectivity index (χ3n) is 5.03. The van der Waals surface area contributed by atoms with E-state index in [2.05, 4.69) is 26.2 Å². The van der Waals surface area contributed by atoms with E-state index >= 15 is 0 Å². The molecule has 6 N–H and O–H groups in total. The predicted octanol–water partition coefficient (Wildman–Crippen LogP) is 0.221. The lowest BCUT2D eigenvalue weighted by molar-refractivity contribution is 0.478. The van der Waals surface area contributed by atoms with E-state index in [4.69, 9.17) is 11.5 Å². The van der Waals surface area contributed by atoms with Crippen molar-refractivity contribution >= 4 is 48.3 Å². The van der Waals surface area contributed by atoms with E-state index in [-0.39, 0.29) is 11.5 Å². The minimum absolute atomic E-state index is 0.146. The van der Waals surface area contributed by atoms with Crippen LogP contribution in [0.1, 0.15) is 0 Å². The second-order valence-corrected chi connectivity index (χ2v) is 15.8. The molecule has 0 fully saturated rings. The van der Waals surface area contributed by atoms with Crippen LogP contribution >= 0.6 is 0 Å². The molecule has 22 heavy (non-hydrogen) atoms. The molecule has 4 nitrogen and oxygen atoms in total. The Labute approximate surface area is 132 Å². The van der Waals surface area contributed by atoms with E-state index in [0.717, 1.165) is 0 Å². The van der Waals surface area contributed by atoms with Gasteiger partial charge in [0.25, 0.3) is 0 Å². The molecule has 116 valence electrons. The average molecular weight is 331 g/mol. The van der Waals surface area contributed by atoms with Gasteiger partial charge in [0, 0.05) is 0 Å². The summed E-state index contributed by atoms with van der Waals surface area (Å²) >= 11 is 0. The number of phenolic OH excluding ortho intramolecular Hbond substituents is 2. The van der Waals surface area contributed by atoms with Crippen molar-refractivity contribution in [1.82, 2.24) is 0 Å². The van der Waals surface area contributed by atoms with Gasteiger partial charge in [0.15, 0.2) is 0 Å². The highest BCUT2D eigenvalue weighted by Gasteiger charge is 2.45. The number of phenols is 2. The SMILES string of the molecule is C[Si]1(C)c2cc(N)c(O)cc2[Si](C)(C)c2cc(O)c(N)cc21. The lowest BCUT2D eigenvalue weighted by Crippen LogP contribution is -2.77. The van der Waals surface area contributed by atoms with Gasteiger partial charge in [-0.05, 0) is 24.3 Å². The van der Waals surface area contributed by atoms with Crippen molar-refractivity contribution in [2.75, 3.05) is 11.5 Å². The highest BCUT2D eigenvalue weighted by Crippen LogP contribution is 2.26. The third-order valence-corrected chi connectivity index (χ3v) is 12.6. The molecular formula is C16H22N2O2Si2. The molecule has 0 saturated carbocycles. The fraction of sp³-hybridized carbons (Fsp3) is 0.250. The van der Waals surface area contributed by atoms with Crippen molar-refractivity contribution in [3.8, 4) is 11.5 Å². The maximum Gasteiger partial charge on any atom is 0.138 e. The number of benzene rings is 2. The Morgan fingerprint density at radius 3 is 1.23 bits per heavy atom. The first kappa shape index (κ1) is 15.0. The molecule has 0 unspecified atom stereocenters. The summed E-state index contributed by atoms with van der Waals surface area (Å²) in [6.45, 7) is 9.00. The minimum Gasteiger partial charge on any atom is -0.506 e. The van der Waals surface area contributed by atoms with Crippen LogP contribution in [0.4, 0.5) is 11.4 Å². The number of hydrogen-bond donors (Lipinski definition) is 4. The summed E-state index contributed by atoms with van der Waals surface area (Å²) in [5.74, 6) is 0.291. The van der Waals surface area contributed by atoms with Crippen LogP contribution in [0.25, 0.3) is 0 Å². The minimum atomic E-state index is -2.03. The van der Waals surface area contributed by atoms with Crippen molar-refractivity contribution in [2.24, 2.45) is 0 Å². The largest absolute Gasteiger partial charge is 0.506 e. The fourth-order valence-corrected chi connectivity index (χ4v) is 12.9. The first-order chi connectivity index (χ1) is 10.1. The Balaban J connectivity index is 2.43. The maximum absolute atomic E-state index is 10.1. The summed E-state index contributed by atoms with van der Waals surface area (Å²) in [5, 5.41) is 25.1. The first-order valence-corrected chi connectivity index (χ1v) is 13.3. The van der Waals surface area contributed by atoms with Gasteiger partial charge in [0.05, 0.1) is 11.4 Å². The van der Waals surface area contributed by atoms with Crippen LogP contribution < -0.4 is 32.2 Å². The van der Waals surface area contributed by atoms with Crippen LogP contribution in [0.5, 0.6) is 11.5 Å². The van der Waals surface area contributed by atoms with E-state index in [1.165, 1.54) is 20.7 Å². The van der Waals surface area contributed by atoms with Crippen molar-refractivity contribution in [3.63, 3.8) is 0 Å². The summed E-state index contributed by atoms with van der Waals surface area (Å²) in [4.78, 5) is 0. The number of anilines is 2. The second-order valence-electron chi connectivity index (χ2n) is 7.16. The molecule has 1 aliphatic heterocycles. The van der Waals surface area contributed by atoms with Crippen LogP contribution in [0, 0.1) is 0 Å². The van der Waals surface area contributed by atoms with Gasteiger partial charge >= 0.3 is 0 Å². The van der Waals surface area contributed by atoms with Crippen LogP contribution in [-0.2, 0) is 0 Å². The molecule has 2 aromatic rings. The Morgan fingerprint density at radius 1 is 0.636 bits per heavy atom. The zero-order chi connectivity index (χ0) is 16.4. The van der Waals surface area contributed by atoms with E-state index in [1.54, 1.807) is 0 Å². The zero-order valence-electron chi connectivity index (χ0n) is 13.4. The van der Waals surface area contributed by atoms with Gasteiger partial charge in [-0.25, -0.2) is 0 Å². The maximum atomic E-state index is 10.1. The quantitative estimate of drug-likeness (QED) is 0.316. The van der Waals surface area contributed by atoms with Gasteiger partial charge < -0.3 is 21.7 Å². The Hall–Kier alpha value is -1.93. The van der Waals surface area contributed by atoms with Gasteiger partial charge in [-0.2, -0.15) is 0 Å². The summed E-state index contributed by atoms with van der Waals surface area (Å²) in [5.41, 5.74) is 12.8. The third kappa shape index (κ3) is 1.80. The number of nitrogen functional groups attached to an aromatic ring is 2. The predicted molar refractivity (Wildman–Crippen MR) is 98.5 cm³/mol. The standard InChI is InChI=1S/C16H22N2O2Si2/c1-21(2)13-5-9(17)11(19)7-15(13)22(3,4)16-8-12(20)10(18)6-14(16)21/h5-8,19-20H,17-18H2,1-4H3. The van der Waals surface area contributed by atoms with E-state index in [1.807, 2.05) is 24.3 Å². The summed E-state index contributed by atoms with van der Waals surface area (Å²) in [7, 11) is -4.00. The lowest BCUT2D eigenvalue weighted by Gasteiger charge is -2.42. The first-order valence-electron chi connectivity index (χ1n) is 7.33. The second kappa shape index (κ2) is 4.30. The Kier molecular flexibility index (Phi) is 2.93. The Bertz CT molecular complexity index is 672. The highest BCUT2D eigenvalue weighted by atomic mass is 28.3.